The molecule has 1 aliphatic rings. The lowest BCUT2D eigenvalue weighted by Crippen LogP contribution is -2.63. The normalized spacial score (nSPS) is 30.1. The fourth-order valence-electron chi connectivity index (χ4n) is 2.82. The van der Waals surface area contributed by atoms with E-state index in [0.29, 0.717) is 6.04 Å². The fourth-order valence-corrected chi connectivity index (χ4v) is 2.82. The van der Waals surface area contributed by atoms with Crippen molar-refractivity contribution >= 4 is 0 Å². The van der Waals surface area contributed by atoms with Crippen LogP contribution in [0.3, 0.4) is 0 Å². The smallest absolute Gasteiger partial charge is 0.156 e. The summed E-state index contributed by atoms with van der Waals surface area (Å²) in [7, 11) is 2.03. The molecule has 1 N–H and O–H groups in total. The van der Waals surface area contributed by atoms with Gasteiger partial charge in [0.1, 0.15) is 0 Å². The summed E-state index contributed by atoms with van der Waals surface area (Å²) in [5.74, 6) is 0. The maximum absolute atomic E-state index is 6.01. The summed E-state index contributed by atoms with van der Waals surface area (Å²) in [6.45, 7) is 8.83. The van der Waals surface area contributed by atoms with Crippen LogP contribution >= 0.6 is 0 Å². The SMILES string of the molecule is CC(C)=CCC[C@@]1(C)N[C@H](c2ccccc2)ON(C)[C@H]1C. The molecule has 0 unspecified atom stereocenters. The van der Waals surface area contributed by atoms with Gasteiger partial charge in [-0.3, -0.25) is 10.2 Å². The predicted molar refractivity (Wildman–Crippen MR) is 87.7 cm³/mol. The number of hydroxylamine groups is 2. The van der Waals surface area contributed by atoms with Crippen LogP contribution in [-0.2, 0) is 4.84 Å². The lowest BCUT2D eigenvalue weighted by atomic mass is 9.86. The first kappa shape index (κ1) is 16.2. The van der Waals surface area contributed by atoms with Crippen molar-refractivity contribution in [3.8, 4) is 0 Å². The van der Waals surface area contributed by atoms with Crippen molar-refractivity contribution in [1.29, 1.82) is 0 Å². The second-order valence-electron chi connectivity index (χ2n) is 6.50. The Labute approximate surface area is 128 Å². The third-order valence-electron chi connectivity index (χ3n) is 4.52. The van der Waals surface area contributed by atoms with Crippen LogP contribution in [0.25, 0.3) is 0 Å². The molecule has 1 aliphatic heterocycles. The van der Waals surface area contributed by atoms with Gasteiger partial charge in [-0.25, -0.2) is 0 Å². The number of nitrogens with zero attached hydrogens (tertiary/aromatic N) is 1. The zero-order chi connectivity index (χ0) is 15.5. The summed E-state index contributed by atoms with van der Waals surface area (Å²) in [4.78, 5) is 6.01. The zero-order valence-electron chi connectivity index (χ0n) is 13.9. The number of rotatable bonds is 4. The first-order chi connectivity index (χ1) is 9.92. The van der Waals surface area contributed by atoms with Crippen molar-refractivity contribution in [2.24, 2.45) is 0 Å². The lowest BCUT2D eigenvalue weighted by molar-refractivity contribution is -0.267. The van der Waals surface area contributed by atoms with E-state index in [0.717, 1.165) is 12.8 Å². The fraction of sp³-hybridized carbons (Fsp3) is 0.556. The molecule has 2 rings (SSSR count). The topological polar surface area (TPSA) is 24.5 Å². The van der Waals surface area contributed by atoms with Crippen molar-refractivity contribution in [1.82, 2.24) is 10.4 Å². The van der Waals surface area contributed by atoms with E-state index < -0.39 is 0 Å². The molecule has 3 heteroatoms. The third-order valence-corrected chi connectivity index (χ3v) is 4.52. The predicted octanol–water partition coefficient (Wildman–Crippen LogP) is 4.05. The number of benzene rings is 1. The molecule has 0 spiro atoms. The van der Waals surface area contributed by atoms with E-state index in [1.807, 2.05) is 18.2 Å². The van der Waals surface area contributed by atoms with Crippen LogP contribution in [0.2, 0.25) is 0 Å². The molecular formula is C18H28N2O. The van der Waals surface area contributed by atoms with Crippen LogP contribution in [0.4, 0.5) is 0 Å². The average molecular weight is 288 g/mol. The van der Waals surface area contributed by atoms with Gasteiger partial charge < -0.3 is 0 Å². The van der Waals surface area contributed by atoms with Crippen molar-refractivity contribution in [3.05, 3.63) is 47.5 Å². The zero-order valence-corrected chi connectivity index (χ0v) is 13.9. The highest BCUT2D eigenvalue weighted by atomic mass is 16.7. The minimum Gasteiger partial charge on any atom is -0.280 e. The second kappa shape index (κ2) is 6.73. The van der Waals surface area contributed by atoms with Crippen LogP contribution in [0.15, 0.2) is 42.0 Å². The van der Waals surface area contributed by atoms with Gasteiger partial charge in [0.05, 0.1) is 6.04 Å². The van der Waals surface area contributed by atoms with Crippen molar-refractivity contribution in [3.63, 3.8) is 0 Å². The molecule has 0 saturated carbocycles. The average Bonchev–Trinajstić information content (AvgIpc) is 2.45. The van der Waals surface area contributed by atoms with Gasteiger partial charge in [-0.15, -0.1) is 0 Å². The molecule has 0 amide bonds. The summed E-state index contributed by atoms with van der Waals surface area (Å²) in [5, 5.41) is 5.70. The van der Waals surface area contributed by atoms with Gasteiger partial charge in [0.25, 0.3) is 0 Å². The molecule has 1 aromatic carbocycles. The molecule has 1 heterocycles. The maximum atomic E-state index is 6.01. The Bertz CT molecular complexity index is 481. The third kappa shape index (κ3) is 3.94. The van der Waals surface area contributed by atoms with Gasteiger partial charge in [0.15, 0.2) is 6.23 Å². The summed E-state index contributed by atoms with van der Waals surface area (Å²) in [6.07, 6.45) is 4.42. The van der Waals surface area contributed by atoms with E-state index in [1.165, 1.54) is 11.1 Å². The molecular weight excluding hydrogens is 260 g/mol. The highest BCUT2D eigenvalue weighted by Gasteiger charge is 2.41. The molecule has 1 saturated heterocycles. The van der Waals surface area contributed by atoms with E-state index >= 15 is 0 Å². The quantitative estimate of drug-likeness (QED) is 0.846. The van der Waals surface area contributed by atoms with Crippen LogP contribution in [0, 0.1) is 0 Å². The van der Waals surface area contributed by atoms with Crippen LogP contribution in [-0.4, -0.2) is 23.7 Å². The Hall–Kier alpha value is -1.16. The molecule has 3 atom stereocenters. The van der Waals surface area contributed by atoms with Gasteiger partial charge in [0, 0.05) is 12.6 Å². The summed E-state index contributed by atoms with van der Waals surface area (Å²) in [5.41, 5.74) is 2.58. The van der Waals surface area contributed by atoms with Gasteiger partial charge >= 0.3 is 0 Å². The van der Waals surface area contributed by atoms with Gasteiger partial charge in [-0.1, -0.05) is 42.0 Å². The Balaban J connectivity index is 2.13. The van der Waals surface area contributed by atoms with Gasteiger partial charge in [-0.05, 0) is 46.1 Å². The molecule has 0 aliphatic carbocycles. The minimum atomic E-state index is -0.0795. The second-order valence-corrected chi connectivity index (χ2v) is 6.50. The first-order valence-corrected chi connectivity index (χ1v) is 7.78. The van der Waals surface area contributed by atoms with Crippen molar-refractivity contribution in [2.45, 2.75) is 58.3 Å². The highest BCUT2D eigenvalue weighted by molar-refractivity contribution is 5.18. The van der Waals surface area contributed by atoms with Crippen LogP contribution in [0.5, 0.6) is 0 Å². The maximum Gasteiger partial charge on any atom is 0.156 e. The van der Waals surface area contributed by atoms with Gasteiger partial charge in [0.2, 0.25) is 0 Å². The number of likely N-dealkylation sites (N-methyl/N-ethyl adjacent to an activating group) is 1. The highest BCUT2D eigenvalue weighted by Crippen LogP contribution is 2.32. The summed E-state index contributed by atoms with van der Waals surface area (Å²) < 4.78 is 0. The monoisotopic (exact) mass is 288 g/mol. The summed E-state index contributed by atoms with van der Waals surface area (Å²) in [6, 6.07) is 10.7. The van der Waals surface area contributed by atoms with E-state index in [2.05, 4.69) is 63.4 Å². The lowest BCUT2D eigenvalue weighted by Gasteiger charge is -2.49. The Morgan fingerprint density at radius 2 is 2.00 bits per heavy atom. The molecule has 0 radical (unpaired) electrons. The number of allylic oxidation sites excluding steroid dienone is 2. The molecule has 0 aromatic heterocycles. The Morgan fingerprint density at radius 3 is 2.62 bits per heavy atom. The largest absolute Gasteiger partial charge is 0.280 e. The van der Waals surface area contributed by atoms with E-state index in [-0.39, 0.29) is 11.8 Å². The van der Waals surface area contributed by atoms with Crippen LogP contribution in [0.1, 0.15) is 52.3 Å². The molecule has 1 fully saturated rings. The number of hydrogen-bond donors (Lipinski definition) is 1. The molecule has 21 heavy (non-hydrogen) atoms. The first-order valence-electron chi connectivity index (χ1n) is 7.78. The minimum absolute atomic E-state index is 0.0272. The van der Waals surface area contributed by atoms with Crippen LogP contribution < -0.4 is 5.32 Å². The van der Waals surface area contributed by atoms with E-state index in [9.17, 15) is 0 Å². The van der Waals surface area contributed by atoms with Gasteiger partial charge in [-0.2, -0.15) is 5.06 Å². The summed E-state index contributed by atoms with van der Waals surface area (Å²) >= 11 is 0. The molecule has 1 aromatic rings. The van der Waals surface area contributed by atoms with E-state index in [1.54, 1.807) is 0 Å². The van der Waals surface area contributed by atoms with E-state index in [4.69, 9.17) is 4.84 Å². The van der Waals surface area contributed by atoms with Crippen molar-refractivity contribution in [2.75, 3.05) is 7.05 Å². The molecule has 116 valence electrons. The Morgan fingerprint density at radius 1 is 1.33 bits per heavy atom. The molecule has 0 bridgehead atoms. The standard InChI is InChI=1S/C18H28N2O/c1-14(2)10-9-13-18(4)15(3)20(5)21-17(19-18)16-11-7-6-8-12-16/h6-8,10-12,15,17,19H,9,13H2,1-5H3/t15-,17-,18+/m0/s1. The van der Waals surface area contributed by atoms with Crippen molar-refractivity contribution < 1.29 is 4.84 Å². The Kier molecular flexibility index (Phi) is 5.20. The number of hydrogen-bond acceptors (Lipinski definition) is 3. The molecule has 3 nitrogen and oxygen atoms in total. The number of nitrogens with one attached hydrogen (secondary N) is 1.